The molecule has 0 fully saturated rings. The molecule has 2 unspecified atom stereocenters. The van der Waals surface area contributed by atoms with Gasteiger partial charge in [-0.2, -0.15) is 0 Å². The largest absolute Gasteiger partial charge is 0.496 e. The van der Waals surface area contributed by atoms with Crippen molar-refractivity contribution in [3.05, 3.63) is 28.2 Å². The lowest BCUT2D eigenvalue weighted by atomic mass is 9.77. The molecule has 0 spiro atoms. The van der Waals surface area contributed by atoms with Gasteiger partial charge in [0.05, 0.1) is 7.11 Å². The van der Waals surface area contributed by atoms with Crippen LogP contribution in [0.3, 0.4) is 0 Å². The minimum atomic E-state index is 0.311. The number of ether oxygens (including phenoxy) is 1. The van der Waals surface area contributed by atoms with Gasteiger partial charge in [0.1, 0.15) is 5.75 Å². The van der Waals surface area contributed by atoms with Crippen molar-refractivity contribution >= 4 is 15.9 Å². The molecule has 1 N–H and O–H groups in total. The average molecular weight is 356 g/mol. The Hall–Kier alpha value is -0.540. The summed E-state index contributed by atoms with van der Waals surface area (Å²) in [5, 5.41) is 3.69. The molecule has 3 heteroatoms. The van der Waals surface area contributed by atoms with E-state index in [4.69, 9.17) is 4.74 Å². The SMILES string of the molecule is CCCNC(CC(C)C(C)(C)C)c1cc(Br)ccc1OC. The maximum atomic E-state index is 5.57. The van der Waals surface area contributed by atoms with Crippen LogP contribution in [0.4, 0.5) is 0 Å². The Kier molecular flexibility index (Phi) is 7.22. The van der Waals surface area contributed by atoms with Gasteiger partial charge in [0, 0.05) is 16.1 Å². The third-order valence-electron chi connectivity index (χ3n) is 4.28. The van der Waals surface area contributed by atoms with Crippen molar-refractivity contribution in [2.75, 3.05) is 13.7 Å². The fraction of sp³-hybridized carbons (Fsp3) is 0.667. The quantitative estimate of drug-likeness (QED) is 0.689. The molecule has 1 rings (SSSR count). The van der Waals surface area contributed by atoms with Crippen LogP contribution >= 0.6 is 15.9 Å². The van der Waals surface area contributed by atoms with E-state index in [1.165, 1.54) is 5.56 Å². The average Bonchev–Trinajstić information content (AvgIpc) is 2.42. The van der Waals surface area contributed by atoms with Crippen LogP contribution in [0.2, 0.25) is 0 Å². The number of benzene rings is 1. The fourth-order valence-corrected chi connectivity index (χ4v) is 2.70. The van der Waals surface area contributed by atoms with E-state index in [1.807, 2.05) is 12.1 Å². The molecule has 2 nitrogen and oxygen atoms in total. The number of methoxy groups -OCH3 is 1. The van der Waals surface area contributed by atoms with E-state index in [-0.39, 0.29) is 0 Å². The highest BCUT2D eigenvalue weighted by Gasteiger charge is 2.25. The fourth-order valence-electron chi connectivity index (χ4n) is 2.32. The summed E-state index contributed by atoms with van der Waals surface area (Å²) in [6.45, 7) is 12.5. The first-order valence-electron chi connectivity index (χ1n) is 7.86. The predicted octanol–water partition coefficient (Wildman–Crippen LogP) is 5.57. The van der Waals surface area contributed by atoms with E-state index < -0.39 is 0 Å². The summed E-state index contributed by atoms with van der Waals surface area (Å²) in [6.07, 6.45) is 2.24. The zero-order valence-electron chi connectivity index (χ0n) is 14.3. The molecule has 0 aliphatic rings. The summed E-state index contributed by atoms with van der Waals surface area (Å²) in [5.41, 5.74) is 1.56. The van der Waals surface area contributed by atoms with Gasteiger partial charge in [-0.3, -0.25) is 0 Å². The maximum absolute atomic E-state index is 5.57. The first-order chi connectivity index (χ1) is 9.79. The highest BCUT2D eigenvalue weighted by molar-refractivity contribution is 9.10. The lowest BCUT2D eigenvalue weighted by molar-refractivity contribution is 0.221. The number of nitrogens with one attached hydrogen (secondary N) is 1. The Labute approximate surface area is 138 Å². The molecular weight excluding hydrogens is 326 g/mol. The van der Waals surface area contributed by atoms with Crippen LogP contribution in [0.1, 0.15) is 59.1 Å². The Morgan fingerprint density at radius 2 is 1.95 bits per heavy atom. The Morgan fingerprint density at radius 1 is 1.29 bits per heavy atom. The van der Waals surface area contributed by atoms with Gasteiger partial charge in [0.25, 0.3) is 0 Å². The summed E-state index contributed by atoms with van der Waals surface area (Å²) in [6, 6.07) is 6.59. The molecule has 0 amide bonds. The Morgan fingerprint density at radius 3 is 2.48 bits per heavy atom. The van der Waals surface area contributed by atoms with Crippen molar-refractivity contribution in [2.24, 2.45) is 11.3 Å². The van der Waals surface area contributed by atoms with E-state index >= 15 is 0 Å². The highest BCUT2D eigenvalue weighted by atomic mass is 79.9. The number of hydrogen-bond acceptors (Lipinski definition) is 2. The van der Waals surface area contributed by atoms with E-state index in [0.717, 1.165) is 29.6 Å². The molecule has 0 heterocycles. The van der Waals surface area contributed by atoms with Crippen LogP contribution in [0.5, 0.6) is 5.75 Å². The van der Waals surface area contributed by atoms with E-state index in [0.29, 0.717) is 17.4 Å². The van der Waals surface area contributed by atoms with E-state index in [9.17, 15) is 0 Å². The van der Waals surface area contributed by atoms with Gasteiger partial charge in [0.2, 0.25) is 0 Å². The Balaban J connectivity index is 3.04. The molecule has 0 bridgehead atoms. The van der Waals surface area contributed by atoms with Crippen molar-refractivity contribution in [2.45, 2.75) is 53.5 Å². The minimum absolute atomic E-state index is 0.311. The van der Waals surface area contributed by atoms with Crippen molar-refractivity contribution in [1.29, 1.82) is 0 Å². The Bertz CT molecular complexity index is 439. The molecule has 21 heavy (non-hydrogen) atoms. The normalized spacial score (nSPS) is 14.8. The van der Waals surface area contributed by atoms with Gasteiger partial charge in [-0.1, -0.05) is 50.5 Å². The molecule has 0 radical (unpaired) electrons. The van der Waals surface area contributed by atoms with Crippen molar-refractivity contribution in [3.8, 4) is 5.75 Å². The van der Waals surface area contributed by atoms with Gasteiger partial charge in [0.15, 0.2) is 0 Å². The number of hydrogen-bond donors (Lipinski definition) is 1. The molecule has 2 atom stereocenters. The van der Waals surface area contributed by atoms with Gasteiger partial charge < -0.3 is 10.1 Å². The first-order valence-corrected chi connectivity index (χ1v) is 8.65. The third-order valence-corrected chi connectivity index (χ3v) is 4.77. The van der Waals surface area contributed by atoms with Crippen LogP contribution < -0.4 is 10.1 Å². The lowest BCUT2D eigenvalue weighted by Crippen LogP contribution is -2.28. The monoisotopic (exact) mass is 355 g/mol. The summed E-state index contributed by atoms with van der Waals surface area (Å²) in [4.78, 5) is 0. The number of rotatable bonds is 7. The summed E-state index contributed by atoms with van der Waals surface area (Å²) in [5.74, 6) is 1.59. The van der Waals surface area contributed by atoms with E-state index in [1.54, 1.807) is 7.11 Å². The lowest BCUT2D eigenvalue weighted by Gasteiger charge is -2.32. The maximum Gasteiger partial charge on any atom is 0.123 e. The van der Waals surface area contributed by atoms with E-state index in [2.05, 4.69) is 61.9 Å². The topological polar surface area (TPSA) is 21.3 Å². The zero-order valence-corrected chi connectivity index (χ0v) is 15.9. The molecule has 1 aromatic carbocycles. The van der Waals surface area contributed by atoms with Crippen LogP contribution in [0, 0.1) is 11.3 Å². The second-order valence-electron chi connectivity index (χ2n) is 6.90. The second kappa shape index (κ2) is 8.19. The standard InChI is InChI=1S/C18H30BrNO/c1-7-10-20-16(11-13(2)18(3,4)5)15-12-14(19)8-9-17(15)21-6/h8-9,12-13,16,20H,7,10-11H2,1-6H3. The van der Waals surface area contributed by atoms with Crippen LogP contribution in [-0.4, -0.2) is 13.7 Å². The van der Waals surface area contributed by atoms with Crippen molar-refractivity contribution < 1.29 is 4.74 Å². The van der Waals surface area contributed by atoms with Gasteiger partial charge in [-0.05, 0) is 48.9 Å². The molecule has 1 aromatic rings. The van der Waals surface area contributed by atoms with Gasteiger partial charge in [-0.15, -0.1) is 0 Å². The molecule has 0 saturated carbocycles. The second-order valence-corrected chi connectivity index (χ2v) is 7.81. The molecule has 0 aromatic heterocycles. The zero-order chi connectivity index (χ0) is 16.0. The third kappa shape index (κ3) is 5.63. The van der Waals surface area contributed by atoms with Crippen LogP contribution in [0.15, 0.2) is 22.7 Å². The predicted molar refractivity (Wildman–Crippen MR) is 95.0 cm³/mol. The van der Waals surface area contributed by atoms with Crippen LogP contribution in [0.25, 0.3) is 0 Å². The van der Waals surface area contributed by atoms with Crippen molar-refractivity contribution in [3.63, 3.8) is 0 Å². The molecular formula is C18H30BrNO. The minimum Gasteiger partial charge on any atom is -0.496 e. The molecule has 0 saturated heterocycles. The summed E-state index contributed by atoms with van der Waals surface area (Å²) < 4.78 is 6.67. The molecule has 0 aliphatic heterocycles. The smallest absolute Gasteiger partial charge is 0.123 e. The van der Waals surface area contributed by atoms with Gasteiger partial charge >= 0.3 is 0 Å². The number of halogens is 1. The highest BCUT2D eigenvalue weighted by Crippen LogP contribution is 2.37. The van der Waals surface area contributed by atoms with Crippen LogP contribution in [-0.2, 0) is 0 Å². The van der Waals surface area contributed by atoms with Gasteiger partial charge in [-0.25, -0.2) is 0 Å². The first kappa shape index (κ1) is 18.5. The molecule has 0 aliphatic carbocycles. The summed E-state index contributed by atoms with van der Waals surface area (Å²) >= 11 is 3.58. The molecule has 120 valence electrons. The summed E-state index contributed by atoms with van der Waals surface area (Å²) in [7, 11) is 1.75. The van der Waals surface area contributed by atoms with Crippen molar-refractivity contribution in [1.82, 2.24) is 5.32 Å².